The summed E-state index contributed by atoms with van der Waals surface area (Å²) in [6.07, 6.45) is 1.57. The zero-order valence-electron chi connectivity index (χ0n) is 16.9. The third kappa shape index (κ3) is 6.64. The minimum absolute atomic E-state index is 0.0999. The largest absolute Gasteiger partial charge is 0.489 e. The van der Waals surface area contributed by atoms with Gasteiger partial charge in [0.05, 0.1) is 6.21 Å². The van der Waals surface area contributed by atoms with Crippen molar-refractivity contribution in [2.45, 2.75) is 20.5 Å². The van der Waals surface area contributed by atoms with Gasteiger partial charge in [-0.05, 0) is 84.6 Å². The molecule has 30 heavy (non-hydrogen) atoms. The van der Waals surface area contributed by atoms with Crippen molar-refractivity contribution in [3.8, 4) is 11.5 Å². The molecule has 0 saturated carbocycles. The summed E-state index contributed by atoms with van der Waals surface area (Å²) in [6, 6.07) is 20.6. The number of nitrogens with one attached hydrogen (secondary N) is 1. The quantitative estimate of drug-likeness (QED) is 0.407. The monoisotopic (exact) mass is 422 g/mol. The van der Waals surface area contributed by atoms with Crippen molar-refractivity contribution >= 4 is 23.7 Å². The highest BCUT2D eigenvalue weighted by molar-refractivity contribution is 6.30. The minimum Gasteiger partial charge on any atom is -0.489 e. The highest BCUT2D eigenvalue weighted by Gasteiger charge is 2.03. The summed E-state index contributed by atoms with van der Waals surface area (Å²) in [5, 5.41) is 4.66. The third-order valence-electron chi connectivity index (χ3n) is 4.45. The van der Waals surface area contributed by atoms with Crippen molar-refractivity contribution in [3.63, 3.8) is 0 Å². The second-order valence-electron chi connectivity index (χ2n) is 6.81. The number of hydrogen-bond acceptors (Lipinski definition) is 4. The van der Waals surface area contributed by atoms with Gasteiger partial charge >= 0.3 is 0 Å². The molecule has 0 aliphatic heterocycles. The summed E-state index contributed by atoms with van der Waals surface area (Å²) in [6.45, 7) is 4.39. The van der Waals surface area contributed by atoms with Crippen molar-refractivity contribution in [1.82, 2.24) is 5.43 Å². The normalized spacial score (nSPS) is 10.8. The number of carbonyl (C=O) groups is 1. The SMILES string of the molecule is Cc1ccc(OCC(=O)N/N=C\c2ccc(OCc3ccc(Cl)cc3)cc2)cc1C. The number of nitrogens with zero attached hydrogens (tertiary/aromatic N) is 1. The molecule has 3 aromatic rings. The number of amides is 1. The molecule has 3 rings (SSSR count). The van der Waals surface area contributed by atoms with E-state index in [0.717, 1.165) is 22.4 Å². The Hall–Kier alpha value is -3.31. The highest BCUT2D eigenvalue weighted by Crippen LogP contribution is 2.17. The Bertz CT molecular complexity index is 1020. The molecule has 154 valence electrons. The Morgan fingerprint density at radius 1 is 0.933 bits per heavy atom. The molecule has 0 spiro atoms. The fourth-order valence-electron chi connectivity index (χ4n) is 2.56. The van der Waals surface area contributed by atoms with Gasteiger partial charge in [0.2, 0.25) is 0 Å². The molecule has 0 heterocycles. The fourth-order valence-corrected chi connectivity index (χ4v) is 2.69. The Morgan fingerprint density at radius 2 is 1.63 bits per heavy atom. The van der Waals surface area contributed by atoms with Crippen molar-refractivity contribution in [3.05, 3.63) is 94.0 Å². The molecule has 3 aromatic carbocycles. The average molecular weight is 423 g/mol. The van der Waals surface area contributed by atoms with Gasteiger partial charge in [-0.2, -0.15) is 5.10 Å². The molecule has 1 N–H and O–H groups in total. The van der Waals surface area contributed by atoms with Gasteiger partial charge in [0.15, 0.2) is 6.61 Å². The van der Waals surface area contributed by atoms with Crippen LogP contribution in [0.15, 0.2) is 71.8 Å². The van der Waals surface area contributed by atoms with E-state index in [1.165, 1.54) is 5.56 Å². The zero-order valence-corrected chi connectivity index (χ0v) is 17.6. The van der Waals surface area contributed by atoms with Crippen LogP contribution in [0.4, 0.5) is 0 Å². The van der Waals surface area contributed by atoms with Gasteiger partial charge < -0.3 is 9.47 Å². The van der Waals surface area contributed by atoms with Gasteiger partial charge in [-0.25, -0.2) is 5.43 Å². The van der Waals surface area contributed by atoms with Gasteiger partial charge in [-0.1, -0.05) is 29.8 Å². The van der Waals surface area contributed by atoms with Crippen LogP contribution in [0.1, 0.15) is 22.3 Å². The molecular formula is C24H23ClN2O3. The molecule has 0 radical (unpaired) electrons. The summed E-state index contributed by atoms with van der Waals surface area (Å²) >= 11 is 5.88. The number of aryl methyl sites for hydroxylation is 2. The maximum atomic E-state index is 11.9. The number of halogens is 1. The number of hydrogen-bond donors (Lipinski definition) is 1. The maximum Gasteiger partial charge on any atom is 0.277 e. The van der Waals surface area contributed by atoms with Crippen LogP contribution in [0, 0.1) is 13.8 Å². The molecular weight excluding hydrogens is 400 g/mol. The second kappa shape index (κ2) is 10.5. The predicted molar refractivity (Wildman–Crippen MR) is 119 cm³/mol. The van der Waals surface area contributed by atoms with Crippen LogP contribution in [0.3, 0.4) is 0 Å². The minimum atomic E-state index is -0.326. The third-order valence-corrected chi connectivity index (χ3v) is 4.70. The molecule has 5 nitrogen and oxygen atoms in total. The first-order valence-electron chi connectivity index (χ1n) is 9.49. The average Bonchev–Trinajstić information content (AvgIpc) is 2.75. The lowest BCUT2D eigenvalue weighted by Crippen LogP contribution is -2.24. The molecule has 0 bridgehead atoms. The summed E-state index contributed by atoms with van der Waals surface area (Å²) < 4.78 is 11.2. The molecule has 0 unspecified atom stereocenters. The van der Waals surface area contributed by atoms with E-state index in [2.05, 4.69) is 10.5 Å². The van der Waals surface area contributed by atoms with E-state index < -0.39 is 0 Å². The van der Waals surface area contributed by atoms with E-state index in [1.54, 1.807) is 6.21 Å². The van der Waals surface area contributed by atoms with Crippen LogP contribution in [0.25, 0.3) is 0 Å². The van der Waals surface area contributed by atoms with Crippen molar-refractivity contribution in [2.75, 3.05) is 6.61 Å². The number of carbonyl (C=O) groups excluding carboxylic acids is 1. The van der Waals surface area contributed by atoms with Crippen LogP contribution in [0.2, 0.25) is 5.02 Å². The molecule has 6 heteroatoms. The van der Waals surface area contributed by atoms with Crippen molar-refractivity contribution in [1.29, 1.82) is 0 Å². The van der Waals surface area contributed by atoms with Crippen molar-refractivity contribution in [2.24, 2.45) is 5.10 Å². The lowest BCUT2D eigenvalue weighted by molar-refractivity contribution is -0.123. The first-order chi connectivity index (χ1) is 14.5. The predicted octanol–water partition coefficient (Wildman–Crippen LogP) is 5.06. The van der Waals surface area contributed by atoms with Gasteiger partial charge in [0.25, 0.3) is 5.91 Å². The summed E-state index contributed by atoms with van der Waals surface area (Å²) in [5.41, 5.74) is 6.63. The standard InChI is InChI=1S/C24H23ClN2O3/c1-17-3-10-23(13-18(17)2)30-16-24(28)27-26-14-19-6-11-22(12-7-19)29-15-20-4-8-21(25)9-5-20/h3-14H,15-16H2,1-2H3,(H,27,28)/b26-14-. The maximum absolute atomic E-state index is 11.9. The van der Waals surface area contributed by atoms with Crippen LogP contribution in [-0.4, -0.2) is 18.7 Å². The van der Waals surface area contributed by atoms with E-state index in [-0.39, 0.29) is 12.5 Å². The Kier molecular flexibility index (Phi) is 7.46. The Morgan fingerprint density at radius 3 is 2.33 bits per heavy atom. The van der Waals surface area contributed by atoms with Crippen LogP contribution in [0.5, 0.6) is 11.5 Å². The van der Waals surface area contributed by atoms with E-state index in [1.807, 2.05) is 80.6 Å². The highest BCUT2D eigenvalue weighted by atomic mass is 35.5. The molecule has 0 aliphatic carbocycles. The van der Waals surface area contributed by atoms with Crippen LogP contribution < -0.4 is 14.9 Å². The van der Waals surface area contributed by atoms with Gasteiger partial charge in [0.1, 0.15) is 18.1 Å². The van der Waals surface area contributed by atoms with E-state index in [4.69, 9.17) is 21.1 Å². The molecule has 0 fully saturated rings. The Balaban J connectivity index is 1.42. The summed E-state index contributed by atoms with van der Waals surface area (Å²) in [7, 11) is 0. The van der Waals surface area contributed by atoms with E-state index in [9.17, 15) is 4.79 Å². The number of benzene rings is 3. The molecule has 0 saturated heterocycles. The lowest BCUT2D eigenvalue weighted by Gasteiger charge is -2.07. The first kappa shape index (κ1) is 21.4. The topological polar surface area (TPSA) is 59.9 Å². The summed E-state index contributed by atoms with van der Waals surface area (Å²) in [4.78, 5) is 11.9. The van der Waals surface area contributed by atoms with E-state index in [0.29, 0.717) is 17.4 Å². The second-order valence-corrected chi connectivity index (χ2v) is 7.25. The molecule has 0 aromatic heterocycles. The fraction of sp³-hybridized carbons (Fsp3) is 0.167. The molecule has 1 amide bonds. The first-order valence-corrected chi connectivity index (χ1v) is 9.87. The smallest absolute Gasteiger partial charge is 0.277 e. The molecule has 0 aliphatic rings. The zero-order chi connectivity index (χ0) is 21.3. The lowest BCUT2D eigenvalue weighted by atomic mass is 10.1. The number of ether oxygens (including phenoxy) is 2. The molecule has 0 atom stereocenters. The number of rotatable bonds is 8. The summed E-state index contributed by atoms with van der Waals surface area (Å²) in [5.74, 6) is 1.08. The van der Waals surface area contributed by atoms with Crippen LogP contribution >= 0.6 is 11.6 Å². The van der Waals surface area contributed by atoms with Crippen LogP contribution in [-0.2, 0) is 11.4 Å². The van der Waals surface area contributed by atoms with Crippen molar-refractivity contribution < 1.29 is 14.3 Å². The Labute approximate surface area is 181 Å². The van der Waals surface area contributed by atoms with Gasteiger partial charge in [0, 0.05) is 5.02 Å². The van der Waals surface area contributed by atoms with E-state index >= 15 is 0 Å². The van der Waals surface area contributed by atoms with Gasteiger partial charge in [-0.15, -0.1) is 0 Å². The van der Waals surface area contributed by atoms with Gasteiger partial charge in [-0.3, -0.25) is 4.79 Å². The number of hydrazone groups is 1.